The monoisotopic (exact) mass is 244 g/mol. The Hall–Kier alpha value is -0.970. The Labute approximate surface area is 84.5 Å². The van der Waals surface area contributed by atoms with E-state index in [4.69, 9.17) is 4.74 Å². The lowest BCUT2D eigenvalue weighted by molar-refractivity contribution is 0.0518. The van der Waals surface area contributed by atoms with Gasteiger partial charge in [-0.25, -0.2) is 9.78 Å². The molecule has 0 unspecified atom stereocenters. The van der Waals surface area contributed by atoms with E-state index >= 15 is 0 Å². The quantitative estimate of drug-likeness (QED) is 0.598. The highest BCUT2D eigenvalue weighted by Gasteiger charge is 2.08. The number of halogens is 1. The van der Waals surface area contributed by atoms with Gasteiger partial charge in [0.1, 0.15) is 0 Å². The van der Waals surface area contributed by atoms with Crippen molar-refractivity contribution in [1.29, 1.82) is 0 Å². The number of carbonyl (C=O) groups excluding carboxylic acids is 1. The van der Waals surface area contributed by atoms with Gasteiger partial charge in [0.05, 0.1) is 18.5 Å². The van der Waals surface area contributed by atoms with Gasteiger partial charge in [-0.3, -0.25) is 4.98 Å². The third kappa shape index (κ3) is 2.77. The second-order valence-electron chi connectivity index (χ2n) is 2.25. The Kier molecular flexibility index (Phi) is 3.82. The molecule has 0 saturated heterocycles. The normalized spacial score (nSPS) is 9.69. The van der Waals surface area contributed by atoms with Gasteiger partial charge in [-0.15, -0.1) is 0 Å². The lowest BCUT2D eigenvalue weighted by atomic mass is 10.4. The molecule has 0 radical (unpaired) electrons. The van der Waals surface area contributed by atoms with Crippen LogP contribution in [0.25, 0.3) is 0 Å². The number of alkyl halides is 1. The Morgan fingerprint density at radius 3 is 3.00 bits per heavy atom. The zero-order valence-corrected chi connectivity index (χ0v) is 8.74. The van der Waals surface area contributed by atoms with Crippen LogP contribution >= 0.6 is 15.9 Å². The molecule has 0 aromatic carbocycles. The maximum absolute atomic E-state index is 11.2. The van der Waals surface area contributed by atoms with Gasteiger partial charge in [0.2, 0.25) is 0 Å². The summed E-state index contributed by atoms with van der Waals surface area (Å²) in [6.45, 7) is 2.10. The van der Waals surface area contributed by atoms with E-state index in [9.17, 15) is 4.79 Å². The van der Waals surface area contributed by atoms with Crippen molar-refractivity contribution in [2.24, 2.45) is 0 Å². The van der Waals surface area contributed by atoms with Gasteiger partial charge in [0.25, 0.3) is 0 Å². The Morgan fingerprint density at radius 2 is 2.38 bits per heavy atom. The number of ether oxygens (including phenoxy) is 1. The molecule has 1 aromatic heterocycles. The van der Waals surface area contributed by atoms with Gasteiger partial charge >= 0.3 is 5.97 Å². The highest BCUT2D eigenvalue weighted by molar-refractivity contribution is 9.08. The maximum Gasteiger partial charge on any atom is 0.358 e. The largest absolute Gasteiger partial charge is 0.461 e. The van der Waals surface area contributed by atoms with E-state index in [0.717, 1.165) is 0 Å². The van der Waals surface area contributed by atoms with Crippen LogP contribution in [-0.4, -0.2) is 22.5 Å². The second-order valence-corrected chi connectivity index (χ2v) is 2.81. The van der Waals surface area contributed by atoms with E-state index in [1.54, 1.807) is 13.1 Å². The Bertz CT molecular complexity index is 304. The Morgan fingerprint density at radius 1 is 1.62 bits per heavy atom. The molecule has 0 aliphatic rings. The van der Waals surface area contributed by atoms with E-state index < -0.39 is 5.97 Å². The topological polar surface area (TPSA) is 52.1 Å². The highest BCUT2D eigenvalue weighted by atomic mass is 79.9. The van der Waals surface area contributed by atoms with Crippen molar-refractivity contribution in [2.45, 2.75) is 12.3 Å². The summed E-state index contributed by atoms with van der Waals surface area (Å²) in [4.78, 5) is 19.1. The molecule has 5 heteroatoms. The first kappa shape index (κ1) is 10.1. The van der Waals surface area contributed by atoms with Gasteiger partial charge in [-0.1, -0.05) is 15.9 Å². The van der Waals surface area contributed by atoms with Crippen LogP contribution < -0.4 is 0 Å². The standard InChI is InChI=1S/C8H9BrN2O2/c1-2-13-8(12)7-5-10-4-6(3-9)11-7/h4-5H,2-3H2,1H3. The van der Waals surface area contributed by atoms with E-state index in [2.05, 4.69) is 25.9 Å². The van der Waals surface area contributed by atoms with Crippen LogP contribution in [0.15, 0.2) is 12.4 Å². The van der Waals surface area contributed by atoms with Crippen LogP contribution in [0, 0.1) is 0 Å². The number of hydrogen-bond acceptors (Lipinski definition) is 4. The summed E-state index contributed by atoms with van der Waals surface area (Å²) < 4.78 is 4.77. The molecule has 0 spiro atoms. The molecule has 0 aliphatic carbocycles. The second kappa shape index (κ2) is 4.91. The van der Waals surface area contributed by atoms with Crippen molar-refractivity contribution in [3.05, 3.63) is 23.8 Å². The molecule has 1 aromatic rings. The Balaban J connectivity index is 2.82. The zero-order chi connectivity index (χ0) is 9.68. The minimum absolute atomic E-state index is 0.249. The van der Waals surface area contributed by atoms with Crippen molar-refractivity contribution in [3.63, 3.8) is 0 Å². The van der Waals surface area contributed by atoms with Crippen LogP contribution in [0.1, 0.15) is 23.1 Å². The van der Waals surface area contributed by atoms with E-state index in [0.29, 0.717) is 17.6 Å². The van der Waals surface area contributed by atoms with Crippen molar-refractivity contribution in [2.75, 3.05) is 6.61 Å². The molecule has 0 atom stereocenters. The molecule has 0 bridgehead atoms. The number of hydrogen-bond donors (Lipinski definition) is 0. The van der Waals surface area contributed by atoms with Crippen LogP contribution in [0.2, 0.25) is 0 Å². The molecular weight excluding hydrogens is 236 g/mol. The summed E-state index contributed by atoms with van der Waals surface area (Å²) in [6.07, 6.45) is 2.99. The predicted octanol–water partition coefficient (Wildman–Crippen LogP) is 1.55. The van der Waals surface area contributed by atoms with E-state index in [-0.39, 0.29) is 5.69 Å². The van der Waals surface area contributed by atoms with E-state index in [1.807, 2.05) is 0 Å². The average molecular weight is 245 g/mol. The lowest BCUT2D eigenvalue weighted by Gasteiger charge is -2.00. The zero-order valence-electron chi connectivity index (χ0n) is 7.16. The van der Waals surface area contributed by atoms with Crippen molar-refractivity contribution >= 4 is 21.9 Å². The van der Waals surface area contributed by atoms with E-state index in [1.165, 1.54) is 6.20 Å². The van der Waals surface area contributed by atoms with Gasteiger partial charge < -0.3 is 4.74 Å². The number of esters is 1. The summed E-state index contributed by atoms with van der Waals surface area (Å²) in [5.74, 6) is -0.433. The minimum Gasteiger partial charge on any atom is -0.461 e. The summed E-state index contributed by atoms with van der Waals surface area (Å²) >= 11 is 3.23. The van der Waals surface area contributed by atoms with Gasteiger partial charge in [0.15, 0.2) is 5.69 Å². The summed E-state index contributed by atoms with van der Waals surface area (Å²) in [7, 11) is 0. The van der Waals surface area contributed by atoms with Crippen molar-refractivity contribution in [3.8, 4) is 0 Å². The lowest BCUT2D eigenvalue weighted by Crippen LogP contribution is -2.08. The molecule has 70 valence electrons. The van der Waals surface area contributed by atoms with Crippen LogP contribution in [0.3, 0.4) is 0 Å². The van der Waals surface area contributed by atoms with Crippen LogP contribution in [0.4, 0.5) is 0 Å². The number of carbonyl (C=O) groups is 1. The fourth-order valence-corrected chi connectivity index (χ4v) is 1.04. The molecule has 1 heterocycles. The summed E-state index contributed by atoms with van der Waals surface area (Å²) in [5, 5.41) is 0.577. The van der Waals surface area contributed by atoms with Gasteiger partial charge in [-0.05, 0) is 6.92 Å². The summed E-state index contributed by atoms with van der Waals surface area (Å²) in [5.41, 5.74) is 0.962. The molecule has 1 rings (SSSR count). The smallest absolute Gasteiger partial charge is 0.358 e. The molecule has 13 heavy (non-hydrogen) atoms. The first-order chi connectivity index (χ1) is 6.27. The number of nitrogens with zero attached hydrogens (tertiary/aromatic N) is 2. The number of rotatable bonds is 3. The molecule has 0 aliphatic heterocycles. The van der Waals surface area contributed by atoms with Gasteiger partial charge in [-0.2, -0.15) is 0 Å². The third-order valence-corrected chi connectivity index (χ3v) is 1.88. The fourth-order valence-electron chi connectivity index (χ4n) is 0.774. The number of aromatic nitrogens is 2. The van der Waals surface area contributed by atoms with Crippen LogP contribution in [-0.2, 0) is 10.1 Å². The fraction of sp³-hybridized carbons (Fsp3) is 0.375. The van der Waals surface area contributed by atoms with Gasteiger partial charge in [0, 0.05) is 11.5 Å². The predicted molar refractivity (Wildman–Crippen MR) is 50.6 cm³/mol. The third-order valence-electron chi connectivity index (χ3n) is 1.31. The first-order valence-electron chi connectivity index (χ1n) is 3.82. The molecule has 0 amide bonds. The van der Waals surface area contributed by atoms with Crippen molar-refractivity contribution in [1.82, 2.24) is 9.97 Å². The van der Waals surface area contributed by atoms with Crippen LogP contribution in [0.5, 0.6) is 0 Å². The maximum atomic E-state index is 11.2. The highest BCUT2D eigenvalue weighted by Crippen LogP contribution is 2.02. The first-order valence-corrected chi connectivity index (χ1v) is 4.94. The molecule has 0 saturated carbocycles. The van der Waals surface area contributed by atoms with Crippen molar-refractivity contribution < 1.29 is 9.53 Å². The molecule has 0 N–H and O–H groups in total. The average Bonchev–Trinajstić information content (AvgIpc) is 2.18. The molecular formula is C8H9BrN2O2. The summed E-state index contributed by atoms with van der Waals surface area (Å²) in [6, 6.07) is 0. The SMILES string of the molecule is CCOC(=O)c1cncc(CBr)n1. The molecule has 4 nitrogen and oxygen atoms in total. The molecule has 0 fully saturated rings. The minimum atomic E-state index is -0.433.